The third-order valence-electron chi connectivity index (χ3n) is 4.43. The van der Waals surface area contributed by atoms with Gasteiger partial charge in [-0.25, -0.2) is 0 Å². The van der Waals surface area contributed by atoms with Crippen LogP contribution in [0.25, 0.3) is 0 Å². The van der Waals surface area contributed by atoms with Crippen LogP contribution in [-0.2, 0) is 4.79 Å². The SMILES string of the molecule is CCN(CC)C(=O)c1cccc(NC(=O)CN2CCNC[C@H]2C)c1.Cl. The highest BCUT2D eigenvalue weighted by molar-refractivity contribution is 5.97. The van der Waals surface area contributed by atoms with Crippen molar-refractivity contribution in [3.05, 3.63) is 29.8 Å². The highest BCUT2D eigenvalue weighted by Crippen LogP contribution is 2.13. The molecule has 6 nitrogen and oxygen atoms in total. The smallest absolute Gasteiger partial charge is 0.253 e. The van der Waals surface area contributed by atoms with Crippen LogP contribution in [0.3, 0.4) is 0 Å². The molecule has 1 aliphatic heterocycles. The second-order valence-electron chi connectivity index (χ2n) is 6.13. The first-order valence-corrected chi connectivity index (χ1v) is 8.69. The second kappa shape index (κ2) is 10.4. The Bertz CT molecular complexity index is 578. The van der Waals surface area contributed by atoms with Crippen molar-refractivity contribution in [2.45, 2.75) is 26.8 Å². The van der Waals surface area contributed by atoms with E-state index in [1.54, 1.807) is 23.1 Å². The molecule has 140 valence electrons. The van der Waals surface area contributed by atoms with Crippen molar-refractivity contribution in [1.29, 1.82) is 0 Å². The summed E-state index contributed by atoms with van der Waals surface area (Å²) in [5.41, 5.74) is 1.27. The van der Waals surface area contributed by atoms with Gasteiger partial charge in [0.1, 0.15) is 0 Å². The summed E-state index contributed by atoms with van der Waals surface area (Å²) in [6, 6.07) is 7.51. The van der Waals surface area contributed by atoms with Crippen LogP contribution in [-0.4, -0.2) is 66.9 Å². The molecule has 25 heavy (non-hydrogen) atoms. The van der Waals surface area contributed by atoms with Gasteiger partial charge in [-0.05, 0) is 39.0 Å². The Kier molecular flexibility index (Phi) is 8.89. The van der Waals surface area contributed by atoms with E-state index in [1.807, 2.05) is 19.9 Å². The second-order valence-corrected chi connectivity index (χ2v) is 6.13. The van der Waals surface area contributed by atoms with Crippen LogP contribution < -0.4 is 10.6 Å². The number of benzene rings is 1. The number of carbonyl (C=O) groups excluding carboxylic acids is 2. The maximum absolute atomic E-state index is 12.4. The summed E-state index contributed by atoms with van der Waals surface area (Å²) >= 11 is 0. The Balaban J connectivity index is 0.00000312. The van der Waals surface area contributed by atoms with Crippen molar-refractivity contribution >= 4 is 29.9 Å². The minimum absolute atomic E-state index is 0. The molecule has 1 heterocycles. The normalized spacial score (nSPS) is 17.5. The van der Waals surface area contributed by atoms with Crippen molar-refractivity contribution in [3.63, 3.8) is 0 Å². The molecule has 2 amide bonds. The van der Waals surface area contributed by atoms with Gasteiger partial charge in [0.05, 0.1) is 6.54 Å². The third-order valence-corrected chi connectivity index (χ3v) is 4.43. The summed E-state index contributed by atoms with van der Waals surface area (Å²) < 4.78 is 0. The van der Waals surface area contributed by atoms with Gasteiger partial charge < -0.3 is 15.5 Å². The summed E-state index contributed by atoms with van der Waals surface area (Å²) in [4.78, 5) is 28.6. The van der Waals surface area contributed by atoms with E-state index in [-0.39, 0.29) is 24.2 Å². The summed E-state index contributed by atoms with van der Waals surface area (Å²) in [5.74, 6) is -0.0528. The quantitative estimate of drug-likeness (QED) is 0.804. The van der Waals surface area contributed by atoms with Gasteiger partial charge in [0, 0.05) is 50.0 Å². The van der Waals surface area contributed by atoms with Crippen LogP contribution in [0.15, 0.2) is 24.3 Å². The van der Waals surface area contributed by atoms with Gasteiger partial charge in [-0.1, -0.05) is 6.07 Å². The third kappa shape index (κ3) is 5.99. The number of carbonyl (C=O) groups is 2. The zero-order chi connectivity index (χ0) is 17.5. The lowest BCUT2D eigenvalue weighted by Crippen LogP contribution is -2.51. The predicted octanol–water partition coefficient (Wildman–Crippen LogP) is 1.82. The van der Waals surface area contributed by atoms with Crippen molar-refractivity contribution in [2.75, 3.05) is 44.6 Å². The number of amides is 2. The lowest BCUT2D eigenvalue weighted by atomic mass is 10.1. The zero-order valence-corrected chi connectivity index (χ0v) is 16.1. The maximum atomic E-state index is 12.4. The molecule has 2 rings (SSSR count). The molecule has 1 saturated heterocycles. The fraction of sp³-hybridized carbons (Fsp3) is 0.556. The number of piperazine rings is 1. The Labute approximate surface area is 156 Å². The van der Waals surface area contributed by atoms with E-state index in [1.165, 1.54) is 0 Å². The van der Waals surface area contributed by atoms with Gasteiger partial charge in [0.25, 0.3) is 5.91 Å². The largest absolute Gasteiger partial charge is 0.339 e. The standard InChI is InChI=1S/C18H28N4O2.ClH/c1-4-21(5-2)18(24)15-7-6-8-16(11-15)20-17(23)13-22-10-9-19-12-14(22)3;/h6-8,11,14,19H,4-5,9-10,12-13H2,1-3H3,(H,20,23);1H/t14-;/m1./s1. The number of hydrogen-bond donors (Lipinski definition) is 2. The van der Waals surface area contributed by atoms with E-state index in [0.717, 1.165) is 19.6 Å². The Morgan fingerprint density at radius 2 is 2.04 bits per heavy atom. The van der Waals surface area contributed by atoms with Crippen LogP contribution in [0.2, 0.25) is 0 Å². The highest BCUT2D eigenvalue weighted by atomic mass is 35.5. The molecule has 1 aromatic rings. The molecule has 0 saturated carbocycles. The van der Waals surface area contributed by atoms with Crippen LogP contribution in [0, 0.1) is 0 Å². The average Bonchev–Trinajstić information content (AvgIpc) is 2.58. The highest BCUT2D eigenvalue weighted by Gasteiger charge is 2.20. The Hall–Kier alpha value is -1.63. The molecule has 0 aliphatic carbocycles. The van der Waals surface area contributed by atoms with Crippen molar-refractivity contribution in [1.82, 2.24) is 15.1 Å². The molecule has 1 aromatic carbocycles. The molecule has 0 radical (unpaired) electrons. The van der Waals surface area contributed by atoms with Crippen LogP contribution >= 0.6 is 12.4 Å². The van der Waals surface area contributed by atoms with Gasteiger partial charge in [-0.15, -0.1) is 12.4 Å². The number of nitrogens with zero attached hydrogens (tertiary/aromatic N) is 2. The zero-order valence-electron chi connectivity index (χ0n) is 15.2. The molecule has 1 atom stereocenters. The topological polar surface area (TPSA) is 64.7 Å². The summed E-state index contributed by atoms with van der Waals surface area (Å²) in [6.07, 6.45) is 0. The van der Waals surface area contributed by atoms with Crippen LogP contribution in [0.1, 0.15) is 31.1 Å². The number of hydrogen-bond acceptors (Lipinski definition) is 4. The van der Waals surface area contributed by atoms with E-state index in [4.69, 9.17) is 0 Å². The molecule has 1 aliphatic rings. The van der Waals surface area contributed by atoms with E-state index in [2.05, 4.69) is 22.5 Å². The molecule has 2 N–H and O–H groups in total. The van der Waals surface area contributed by atoms with E-state index >= 15 is 0 Å². The van der Waals surface area contributed by atoms with Crippen molar-refractivity contribution in [2.24, 2.45) is 0 Å². The number of halogens is 1. The van der Waals surface area contributed by atoms with Gasteiger partial charge in [0.15, 0.2) is 0 Å². The van der Waals surface area contributed by atoms with Crippen molar-refractivity contribution in [3.8, 4) is 0 Å². The molecule has 0 spiro atoms. The van der Waals surface area contributed by atoms with Gasteiger partial charge in [-0.3, -0.25) is 14.5 Å². The fourth-order valence-electron chi connectivity index (χ4n) is 2.93. The molecular formula is C18H29ClN4O2. The first kappa shape index (κ1) is 21.4. The molecule has 0 unspecified atom stereocenters. The van der Waals surface area contributed by atoms with Crippen LogP contribution in [0.4, 0.5) is 5.69 Å². The lowest BCUT2D eigenvalue weighted by molar-refractivity contribution is -0.118. The lowest BCUT2D eigenvalue weighted by Gasteiger charge is -2.33. The van der Waals surface area contributed by atoms with E-state index < -0.39 is 0 Å². The van der Waals surface area contributed by atoms with E-state index in [9.17, 15) is 9.59 Å². The number of anilines is 1. The van der Waals surface area contributed by atoms with Gasteiger partial charge in [0.2, 0.25) is 5.91 Å². The summed E-state index contributed by atoms with van der Waals surface area (Å²) in [7, 11) is 0. The minimum atomic E-state index is -0.0452. The number of nitrogens with one attached hydrogen (secondary N) is 2. The molecule has 1 fully saturated rings. The fourth-order valence-corrected chi connectivity index (χ4v) is 2.93. The summed E-state index contributed by atoms with van der Waals surface area (Å²) in [6.45, 7) is 10.4. The number of rotatable bonds is 6. The first-order chi connectivity index (χ1) is 11.5. The maximum Gasteiger partial charge on any atom is 0.253 e. The monoisotopic (exact) mass is 368 g/mol. The first-order valence-electron chi connectivity index (χ1n) is 8.69. The Morgan fingerprint density at radius 1 is 1.32 bits per heavy atom. The molecule has 0 bridgehead atoms. The minimum Gasteiger partial charge on any atom is -0.339 e. The van der Waals surface area contributed by atoms with E-state index in [0.29, 0.717) is 36.9 Å². The van der Waals surface area contributed by atoms with Crippen molar-refractivity contribution < 1.29 is 9.59 Å². The van der Waals surface area contributed by atoms with Gasteiger partial charge >= 0.3 is 0 Å². The van der Waals surface area contributed by atoms with Crippen LogP contribution in [0.5, 0.6) is 0 Å². The Morgan fingerprint density at radius 3 is 2.68 bits per heavy atom. The van der Waals surface area contributed by atoms with Gasteiger partial charge in [-0.2, -0.15) is 0 Å². The molecule has 7 heteroatoms. The molecule has 0 aromatic heterocycles. The average molecular weight is 369 g/mol. The summed E-state index contributed by atoms with van der Waals surface area (Å²) in [5, 5.41) is 6.22. The predicted molar refractivity (Wildman–Crippen MR) is 103 cm³/mol. The molecular weight excluding hydrogens is 340 g/mol.